The van der Waals surface area contributed by atoms with Gasteiger partial charge in [0, 0.05) is 17.2 Å². The van der Waals surface area contributed by atoms with Gasteiger partial charge in [0.15, 0.2) is 0 Å². The lowest BCUT2D eigenvalue weighted by Crippen LogP contribution is -1.90. The molecule has 0 saturated carbocycles. The van der Waals surface area contributed by atoms with Gasteiger partial charge in [-0.3, -0.25) is 5.10 Å². The summed E-state index contributed by atoms with van der Waals surface area (Å²) < 4.78 is 25.4. The average molecular weight is 223 g/mol. The predicted octanol–water partition coefficient (Wildman–Crippen LogP) is 2.90. The average Bonchev–Trinajstić information content (AvgIpc) is 2.65. The van der Waals surface area contributed by atoms with Crippen LogP contribution in [0.15, 0.2) is 24.3 Å². The molecule has 1 heterocycles. The molecule has 0 unspecified atom stereocenters. The second-order valence-electron chi connectivity index (χ2n) is 3.58. The first-order valence-corrected chi connectivity index (χ1v) is 4.78. The molecule has 2 aromatic rings. The lowest BCUT2D eigenvalue weighted by atomic mass is 10.0. The maximum atomic E-state index is 12.7. The molecule has 0 aliphatic rings. The van der Waals surface area contributed by atoms with Crippen LogP contribution >= 0.6 is 0 Å². The maximum absolute atomic E-state index is 12.7. The topological polar surface area (TPSA) is 54.7 Å². The van der Waals surface area contributed by atoms with Gasteiger partial charge in [-0.2, -0.15) is 5.10 Å². The third-order valence-electron chi connectivity index (χ3n) is 2.42. The lowest BCUT2D eigenvalue weighted by Gasteiger charge is -2.06. The Morgan fingerprint density at radius 2 is 2.06 bits per heavy atom. The van der Waals surface area contributed by atoms with Crippen molar-refractivity contribution in [2.24, 2.45) is 0 Å². The number of hydrogen-bond donors (Lipinski definition) is 2. The number of anilines is 1. The highest BCUT2D eigenvalue weighted by Crippen LogP contribution is 2.28. The van der Waals surface area contributed by atoms with Gasteiger partial charge < -0.3 is 5.73 Å². The third kappa shape index (κ3) is 1.88. The van der Waals surface area contributed by atoms with Crippen molar-refractivity contribution in [3.05, 3.63) is 35.4 Å². The van der Waals surface area contributed by atoms with Crippen molar-refractivity contribution in [3.8, 4) is 11.3 Å². The number of nitrogens with one attached hydrogen (secondary N) is 1. The molecule has 3 nitrogen and oxygen atoms in total. The zero-order valence-electron chi connectivity index (χ0n) is 8.67. The number of benzene rings is 1. The third-order valence-corrected chi connectivity index (χ3v) is 2.42. The van der Waals surface area contributed by atoms with E-state index in [1.165, 1.54) is 6.07 Å². The number of aromatic amines is 1. The van der Waals surface area contributed by atoms with Crippen LogP contribution in [-0.2, 0) is 0 Å². The molecule has 0 fully saturated rings. The first-order chi connectivity index (χ1) is 7.58. The number of nitrogen functional groups attached to an aromatic ring is 1. The van der Waals surface area contributed by atoms with Gasteiger partial charge in [0.1, 0.15) is 5.82 Å². The largest absolute Gasteiger partial charge is 0.382 e. The summed E-state index contributed by atoms with van der Waals surface area (Å²) in [7, 11) is 0. The molecule has 0 bridgehead atoms. The summed E-state index contributed by atoms with van der Waals surface area (Å²) in [5, 5.41) is 6.44. The molecule has 84 valence electrons. The van der Waals surface area contributed by atoms with E-state index in [2.05, 4.69) is 10.2 Å². The zero-order chi connectivity index (χ0) is 11.7. The molecule has 2 rings (SSSR count). The van der Waals surface area contributed by atoms with Crippen molar-refractivity contribution >= 4 is 5.82 Å². The smallest absolute Gasteiger partial charge is 0.264 e. The molecule has 1 aromatic carbocycles. The molecule has 16 heavy (non-hydrogen) atoms. The quantitative estimate of drug-likeness (QED) is 0.822. The molecule has 0 radical (unpaired) electrons. The first-order valence-electron chi connectivity index (χ1n) is 4.78. The number of alkyl halides is 2. The van der Waals surface area contributed by atoms with Crippen LogP contribution in [0.5, 0.6) is 0 Å². The highest BCUT2D eigenvalue weighted by molar-refractivity contribution is 5.63. The Hall–Kier alpha value is -1.91. The molecule has 5 heteroatoms. The van der Waals surface area contributed by atoms with E-state index in [4.69, 9.17) is 5.73 Å². The van der Waals surface area contributed by atoms with Crippen LogP contribution in [0.25, 0.3) is 11.3 Å². The Kier molecular flexibility index (Phi) is 2.60. The van der Waals surface area contributed by atoms with Crippen molar-refractivity contribution in [2.45, 2.75) is 13.3 Å². The monoisotopic (exact) mass is 223 g/mol. The minimum atomic E-state index is -2.47. The van der Waals surface area contributed by atoms with Gasteiger partial charge in [-0.15, -0.1) is 0 Å². The maximum Gasteiger partial charge on any atom is 0.264 e. The Bertz CT molecular complexity index is 506. The van der Waals surface area contributed by atoms with Gasteiger partial charge in [-0.05, 0) is 18.6 Å². The van der Waals surface area contributed by atoms with Crippen molar-refractivity contribution in [2.75, 3.05) is 5.73 Å². The van der Waals surface area contributed by atoms with E-state index in [-0.39, 0.29) is 5.56 Å². The van der Waals surface area contributed by atoms with E-state index in [0.29, 0.717) is 22.6 Å². The summed E-state index contributed by atoms with van der Waals surface area (Å²) in [5.74, 6) is 0.342. The van der Waals surface area contributed by atoms with E-state index in [0.717, 1.165) is 0 Å². The van der Waals surface area contributed by atoms with E-state index >= 15 is 0 Å². The fourth-order valence-corrected chi connectivity index (χ4v) is 1.53. The van der Waals surface area contributed by atoms with E-state index in [1.54, 1.807) is 25.1 Å². The van der Waals surface area contributed by atoms with Crippen LogP contribution in [0, 0.1) is 6.92 Å². The molecule has 0 amide bonds. The first kappa shape index (κ1) is 10.6. The van der Waals surface area contributed by atoms with Crippen molar-refractivity contribution in [3.63, 3.8) is 0 Å². The zero-order valence-corrected chi connectivity index (χ0v) is 8.67. The van der Waals surface area contributed by atoms with Crippen LogP contribution < -0.4 is 5.73 Å². The normalized spacial score (nSPS) is 11.0. The summed E-state index contributed by atoms with van der Waals surface area (Å²) in [5.41, 5.74) is 7.36. The molecular formula is C11H11F2N3. The van der Waals surface area contributed by atoms with Gasteiger partial charge in [-0.1, -0.05) is 12.1 Å². The molecule has 0 aliphatic heterocycles. The molecule has 3 N–H and O–H groups in total. The Morgan fingerprint density at radius 3 is 2.62 bits per heavy atom. The fourth-order valence-electron chi connectivity index (χ4n) is 1.53. The van der Waals surface area contributed by atoms with Crippen molar-refractivity contribution in [1.82, 2.24) is 10.2 Å². The number of aromatic nitrogens is 2. The number of hydrogen-bond acceptors (Lipinski definition) is 2. The number of nitrogens with zero attached hydrogens (tertiary/aromatic N) is 1. The van der Waals surface area contributed by atoms with Gasteiger partial charge >= 0.3 is 0 Å². The summed E-state index contributed by atoms with van der Waals surface area (Å²) in [6.07, 6.45) is -2.47. The van der Waals surface area contributed by atoms with Crippen LogP contribution in [0.1, 0.15) is 17.6 Å². The van der Waals surface area contributed by atoms with Crippen molar-refractivity contribution < 1.29 is 8.78 Å². The summed E-state index contributed by atoms with van der Waals surface area (Å²) in [6, 6.07) is 6.48. The van der Waals surface area contributed by atoms with Gasteiger partial charge in [0.05, 0.1) is 5.69 Å². The fraction of sp³-hybridized carbons (Fsp3) is 0.182. The molecular weight excluding hydrogens is 212 g/mol. The molecule has 0 aliphatic carbocycles. The van der Waals surface area contributed by atoms with Crippen LogP contribution in [0.2, 0.25) is 0 Å². The van der Waals surface area contributed by atoms with Crippen LogP contribution in [-0.4, -0.2) is 10.2 Å². The minimum Gasteiger partial charge on any atom is -0.382 e. The molecule has 0 atom stereocenters. The highest BCUT2D eigenvalue weighted by atomic mass is 19.3. The minimum absolute atomic E-state index is 0.0330. The predicted molar refractivity (Wildman–Crippen MR) is 58.1 cm³/mol. The second kappa shape index (κ2) is 3.92. The van der Waals surface area contributed by atoms with Gasteiger partial charge in [0.25, 0.3) is 6.43 Å². The second-order valence-corrected chi connectivity index (χ2v) is 3.58. The SMILES string of the molecule is Cc1ccc(-c2cc(N)n[nH]2)cc1C(F)F. The Labute approximate surface area is 91.3 Å². The van der Waals surface area contributed by atoms with E-state index in [1.807, 2.05) is 0 Å². The van der Waals surface area contributed by atoms with E-state index in [9.17, 15) is 8.78 Å². The highest BCUT2D eigenvalue weighted by Gasteiger charge is 2.12. The Balaban J connectivity index is 2.47. The Morgan fingerprint density at radius 1 is 1.31 bits per heavy atom. The van der Waals surface area contributed by atoms with Crippen LogP contribution in [0.3, 0.4) is 0 Å². The standard InChI is InChI=1S/C11H11F2N3/c1-6-2-3-7(4-8(6)11(12)13)9-5-10(14)16-15-9/h2-5,11H,1H3,(H3,14,15,16). The van der Waals surface area contributed by atoms with Crippen LogP contribution in [0.4, 0.5) is 14.6 Å². The van der Waals surface area contributed by atoms with Crippen molar-refractivity contribution in [1.29, 1.82) is 0 Å². The number of aryl methyl sites for hydroxylation is 1. The summed E-state index contributed by atoms with van der Waals surface area (Å²) in [4.78, 5) is 0. The van der Waals surface area contributed by atoms with Gasteiger partial charge in [-0.25, -0.2) is 8.78 Å². The number of rotatable bonds is 2. The lowest BCUT2D eigenvalue weighted by molar-refractivity contribution is 0.150. The van der Waals surface area contributed by atoms with E-state index < -0.39 is 6.43 Å². The van der Waals surface area contributed by atoms with Gasteiger partial charge in [0.2, 0.25) is 0 Å². The summed E-state index contributed by atoms with van der Waals surface area (Å²) >= 11 is 0. The summed E-state index contributed by atoms with van der Waals surface area (Å²) in [6.45, 7) is 1.66. The number of H-pyrrole nitrogens is 1. The molecule has 0 spiro atoms. The number of nitrogens with two attached hydrogens (primary N) is 1. The molecule has 1 aromatic heterocycles. The number of halogens is 2. The molecule has 0 saturated heterocycles.